The highest BCUT2D eigenvalue weighted by atomic mass is 19.1. The second-order valence-corrected chi connectivity index (χ2v) is 3.65. The van der Waals surface area contributed by atoms with Crippen molar-refractivity contribution < 1.29 is 14.2 Å². The van der Waals surface area contributed by atoms with Crippen LogP contribution in [0.25, 0.3) is 0 Å². The number of aliphatic hydroxyl groups excluding tert-OH is 1. The molecule has 0 saturated heterocycles. The molecular weight excluding hydrogens is 197 g/mol. The maximum atomic E-state index is 13.5. The third kappa shape index (κ3) is 2.46. The monoisotopic (exact) mass is 213 g/mol. The van der Waals surface area contributed by atoms with Gasteiger partial charge in [0, 0.05) is 17.7 Å². The van der Waals surface area contributed by atoms with Crippen molar-refractivity contribution in [2.45, 2.75) is 26.0 Å². The van der Waals surface area contributed by atoms with E-state index in [9.17, 15) is 9.50 Å². The van der Waals surface area contributed by atoms with E-state index in [0.29, 0.717) is 5.75 Å². The summed E-state index contributed by atoms with van der Waals surface area (Å²) in [7, 11) is 1.48. The molecule has 0 aliphatic carbocycles. The summed E-state index contributed by atoms with van der Waals surface area (Å²) in [6, 6.07) is 2.31. The van der Waals surface area contributed by atoms with Crippen LogP contribution in [-0.2, 0) is 0 Å². The van der Waals surface area contributed by atoms with Crippen LogP contribution in [0.5, 0.6) is 5.75 Å². The highest BCUT2D eigenvalue weighted by molar-refractivity contribution is 5.38. The van der Waals surface area contributed by atoms with Gasteiger partial charge in [-0.3, -0.25) is 0 Å². The maximum Gasteiger partial charge on any atom is 0.132 e. The van der Waals surface area contributed by atoms with Crippen molar-refractivity contribution in [3.05, 3.63) is 29.1 Å². The normalized spacial score (nSPS) is 14.8. The van der Waals surface area contributed by atoms with Crippen LogP contribution in [0.3, 0.4) is 0 Å². The van der Waals surface area contributed by atoms with Crippen molar-refractivity contribution >= 4 is 0 Å². The van der Waals surface area contributed by atoms with Crippen molar-refractivity contribution in [2.75, 3.05) is 7.11 Å². The lowest BCUT2D eigenvalue weighted by molar-refractivity contribution is 0.148. The van der Waals surface area contributed by atoms with Crippen LogP contribution in [0, 0.1) is 12.7 Å². The molecule has 0 radical (unpaired) electrons. The second-order valence-electron chi connectivity index (χ2n) is 3.65. The van der Waals surface area contributed by atoms with Crippen LogP contribution in [0.4, 0.5) is 4.39 Å². The quantitative estimate of drug-likeness (QED) is 0.800. The summed E-state index contributed by atoms with van der Waals surface area (Å²) in [4.78, 5) is 0. The van der Waals surface area contributed by atoms with E-state index in [4.69, 9.17) is 10.5 Å². The maximum absolute atomic E-state index is 13.5. The number of halogens is 1. The fourth-order valence-corrected chi connectivity index (χ4v) is 1.42. The van der Waals surface area contributed by atoms with Crippen LogP contribution >= 0.6 is 0 Å². The minimum Gasteiger partial charge on any atom is -0.496 e. The zero-order chi connectivity index (χ0) is 11.6. The minimum atomic E-state index is -0.991. The molecule has 4 heteroatoms. The number of hydrogen-bond acceptors (Lipinski definition) is 3. The average molecular weight is 213 g/mol. The van der Waals surface area contributed by atoms with E-state index in [1.165, 1.54) is 13.2 Å². The molecule has 15 heavy (non-hydrogen) atoms. The molecule has 0 heterocycles. The Balaban J connectivity index is 3.15. The van der Waals surface area contributed by atoms with Gasteiger partial charge in [-0.15, -0.1) is 0 Å². The summed E-state index contributed by atoms with van der Waals surface area (Å²) in [5, 5.41) is 9.66. The molecule has 1 rings (SSSR count). The van der Waals surface area contributed by atoms with Gasteiger partial charge in [0.25, 0.3) is 0 Å². The van der Waals surface area contributed by atoms with Gasteiger partial charge in [0.15, 0.2) is 0 Å². The number of aryl methyl sites for hydroxylation is 1. The Morgan fingerprint density at radius 1 is 1.47 bits per heavy atom. The smallest absolute Gasteiger partial charge is 0.132 e. The summed E-state index contributed by atoms with van der Waals surface area (Å²) >= 11 is 0. The summed E-state index contributed by atoms with van der Waals surface area (Å²) in [5.41, 5.74) is 6.49. The largest absolute Gasteiger partial charge is 0.496 e. The third-order valence-corrected chi connectivity index (χ3v) is 2.33. The average Bonchev–Trinajstić information content (AvgIpc) is 2.19. The van der Waals surface area contributed by atoms with Crippen LogP contribution in [0.2, 0.25) is 0 Å². The van der Waals surface area contributed by atoms with Crippen molar-refractivity contribution in [2.24, 2.45) is 5.73 Å². The fourth-order valence-electron chi connectivity index (χ4n) is 1.42. The summed E-state index contributed by atoms with van der Waals surface area (Å²) in [6.07, 6.45) is -0.991. The Bertz CT molecular complexity index is 353. The molecule has 3 nitrogen and oxygen atoms in total. The number of rotatable bonds is 3. The van der Waals surface area contributed by atoms with E-state index in [-0.39, 0.29) is 5.56 Å². The number of hydrogen-bond donors (Lipinski definition) is 2. The van der Waals surface area contributed by atoms with Gasteiger partial charge < -0.3 is 15.6 Å². The predicted molar refractivity (Wildman–Crippen MR) is 56.3 cm³/mol. The molecule has 2 atom stereocenters. The topological polar surface area (TPSA) is 55.5 Å². The van der Waals surface area contributed by atoms with Gasteiger partial charge in [0.2, 0.25) is 0 Å². The molecule has 0 amide bonds. The predicted octanol–water partition coefficient (Wildman–Crippen LogP) is 1.52. The Morgan fingerprint density at radius 2 is 2.07 bits per heavy atom. The van der Waals surface area contributed by atoms with Gasteiger partial charge in [-0.05, 0) is 25.5 Å². The molecule has 0 fully saturated rings. The van der Waals surface area contributed by atoms with E-state index in [0.717, 1.165) is 5.56 Å². The molecule has 3 N–H and O–H groups in total. The Morgan fingerprint density at radius 3 is 2.53 bits per heavy atom. The lowest BCUT2D eigenvalue weighted by Gasteiger charge is -2.17. The van der Waals surface area contributed by atoms with Crippen LogP contribution in [0.15, 0.2) is 12.1 Å². The molecule has 0 aliphatic heterocycles. The minimum absolute atomic E-state index is 0.211. The molecule has 0 spiro atoms. The zero-order valence-corrected chi connectivity index (χ0v) is 9.12. The van der Waals surface area contributed by atoms with Crippen molar-refractivity contribution in [1.29, 1.82) is 0 Å². The third-order valence-electron chi connectivity index (χ3n) is 2.33. The fraction of sp³-hybridized carbons (Fsp3) is 0.455. The van der Waals surface area contributed by atoms with E-state index >= 15 is 0 Å². The molecule has 0 aliphatic rings. The second kappa shape index (κ2) is 4.59. The Labute approximate surface area is 88.7 Å². The Hall–Kier alpha value is -1.13. The lowest BCUT2D eigenvalue weighted by atomic mass is 10.0. The molecule has 84 valence electrons. The number of ether oxygens (including phenoxy) is 1. The number of methoxy groups -OCH3 is 1. The lowest BCUT2D eigenvalue weighted by Crippen LogP contribution is -2.25. The summed E-state index contributed by atoms with van der Waals surface area (Å²) in [6.45, 7) is 3.42. The first kappa shape index (κ1) is 11.9. The molecule has 0 saturated carbocycles. The summed E-state index contributed by atoms with van der Waals surface area (Å²) in [5.74, 6) is -0.0321. The van der Waals surface area contributed by atoms with Crippen LogP contribution < -0.4 is 10.5 Å². The molecule has 0 aromatic heterocycles. The van der Waals surface area contributed by atoms with E-state index < -0.39 is 18.0 Å². The molecule has 1 aromatic carbocycles. The van der Waals surface area contributed by atoms with Gasteiger partial charge in [-0.2, -0.15) is 0 Å². The standard InChI is InChI=1S/C11H16FNO2/c1-6-4-8(11(14)7(2)13)9(12)5-10(6)15-3/h4-5,7,11,14H,13H2,1-3H3. The zero-order valence-electron chi connectivity index (χ0n) is 9.12. The first-order valence-electron chi connectivity index (χ1n) is 4.75. The highest BCUT2D eigenvalue weighted by Crippen LogP contribution is 2.26. The summed E-state index contributed by atoms with van der Waals surface area (Å²) < 4.78 is 18.5. The number of benzene rings is 1. The molecule has 1 aromatic rings. The van der Waals surface area contributed by atoms with Crippen LogP contribution in [0.1, 0.15) is 24.2 Å². The highest BCUT2D eigenvalue weighted by Gasteiger charge is 2.18. The van der Waals surface area contributed by atoms with E-state index in [2.05, 4.69) is 0 Å². The first-order valence-corrected chi connectivity index (χ1v) is 4.75. The van der Waals surface area contributed by atoms with Gasteiger partial charge in [-0.25, -0.2) is 4.39 Å². The van der Waals surface area contributed by atoms with Crippen molar-refractivity contribution in [1.82, 2.24) is 0 Å². The van der Waals surface area contributed by atoms with Gasteiger partial charge in [0.05, 0.1) is 13.2 Å². The van der Waals surface area contributed by atoms with Crippen molar-refractivity contribution in [3.63, 3.8) is 0 Å². The van der Waals surface area contributed by atoms with E-state index in [1.54, 1.807) is 19.9 Å². The number of nitrogens with two attached hydrogens (primary N) is 1. The van der Waals surface area contributed by atoms with Crippen molar-refractivity contribution in [3.8, 4) is 5.75 Å². The molecule has 0 bridgehead atoms. The van der Waals surface area contributed by atoms with Gasteiger partial charge in [-0.1, -0.05) is 0 Å². The molecule has 2 unspecified atom stereocenters. The first-order chi connectivity index (χ1) is 6.97. The number of aliphatic hydroxyl groups is 1. The van der Waals surface area contributed by atoms with Gasteiger partial charge in [0.1, 0.15) is 11.6 Å². The molecular formula is C11H16FNO2. The Kier molecular flexibility index (Phi) is 3.66. The van der Waals surface area contributed by atoms with Gasteiger partial charge >= 0.3 is 0 Å². The SMILES string of the molecule is COc1cc(F)c(C(O)C(C)N)cc1C. The van der Waals surface area contributed by atoms with E-state index in [1.807, 2.05) is 0 Å². The van der Waals surface area contributed by atoms with Crippen LogP contribution in [-0.4, -0.2) is 18.3 Å².